The van der Waals surface area contributed by atoms with Crippen molar-refractivity contribution in [3.05, 3.63) is 64.2 Å². The molecular formula is C28H31ClO8. The van der Waals surface area contributed by atoms with Gasteiger partial charge in [-0.3, -0.25) is 14.4 Å². The number of halogens is 1. The molecule has 198 valence electrons. The van der Waals surface area contributed by atoms with E-state index in [1.807, 2.05) is 37.3 Å². The van der Waals surface area contributed by atoms with Gasteiger partial charge in [-0.2, -0.15) is 0 Å². The van der Waals surface area contributed by atoms with Gasteiger partial charge in [-0.05, 0) is 61.1 Å². The average Bonchev–Trinajstić information content (AvgIpc) is 3.60. The van der Waals surface area contributed by atoms with Gasteiger partial charge in [0, 0.05) is 25.8 Å². The van der Waals surface area contributed by atoms with E-state index >= 15 is 0 Å². The predicted octanol–water partition coefficient (Wildman–Crippen LogP) is 4.73. The van der Waals surface area contributed by atoms with Crippen LogP contribution in [0.3, 0.4) is 0 Å². The molecule has 4 rings (SSSR count). The molecule has 0 amide bonds. The maximum absolute atomic E-state index is 12.1. The zero-order chi connectivity index (χ0) is 26.7. The van der Waals surface area contributed by atoms with E-state index in [0.717, 1.165) is 16.9 Å². The summed E-state index contributed by atoms with van der Waals surface area (Å²) >= 11 is 6.56. The summed E-state index contributed by atoms with van der Waals surface area (Å²) in [5.41, 5.74) is 1.77. The number of carbonyl (C=O) groups is 3. The van der Waals surface area contributed by atoms with E-state index in [-0.39, 0.29) is 0 Å². The molecule has 8 nitrogen and oxygen atoms in total. The molecule has 0 radical (unpaired) electrons. The van der Waals surface area contributed by atoms with Gasteiger partial charge in [0.2, 0.25) is 0 Å². The van der Waals surface area contributed by atoms with Gasteiger partial charge in [0.05, 0.1) is 6.61 Å². The summed E-state index contributed by atoms with van der Waals surface area (Å²) < 4.78 is 28.8. The molecule has 2 aromatic carbocycles. The third-order valence-electron chi connectivity index (χ3n) is 6.47. The topological polar surface area (TPSA) is 97.4 Å². The van der Waals surface area contributed by atoms with Gasteiger partial charge >= 0.3 is 17.9 Å². The van der Waals surface area contributed by atoms with E-state index in [1.54, 1.807) is 12.1 Å². The van der Waals surface area contributed by atoms with Crippen molar-refractivity contribution in [1.29, 1.82) is 0 Å². The van der Waals surface area contributed by atoms with Crippen LogP contribution in [-0.2, 0) is 39.8 Å². The normalized spacial score (nSPS) is 23.7. The summed E-state index contributed by atoms with van der Waals surface area (Å²) in [5.74, 6) is -0.906. The van der Waals surface area contributed by atoms with Gasteiger partial charge in [0.15, 0.2) is 18.3 Å². The second-order valence-corrected chi connectivity index (χ2v) is 9.79. The Hall–Kier alpha value is -3.10. The van der Waals surface area contributed by atoms with Crippen molar-refractivity contribution in [3.8, 4) is 5.75 Å². The van der Waals surface area contributed by atoms with Crippen molar-refractivity contribution >= 4 is 29.5 Å². The maximum atomic E-state index is 12.1. The molecule has 0 aromatic heterocycles. The van der Waals surface area contributed by atoms with Gasteiger partial charge in [0.1, 0.15) is 17.5 Å². The third-order valence-corrected chi connectivity index (χ3v) is 6.84. The van der Waals surface area contributed by atoms with Crippen LogP contribution in [0.15, 0.2) is 42.5 Å². The number of esters is 3. The number of rotatable bonds is 8. The van der Waals surface area contributed by atoms with Crippen molar-refractivity contribution in [2.45, 2.75) is 77.0 Å². The number of benzene rings is 2. The summed E-state index contributed by atoms with van der Waals surface area (Å²) in [6, 6.07) is 13.3. The van der Waals surface area contributed by atoms with Gasteiger partial charge in [-0.1, -0.05) is 35.9 Å². The molecule has 1 aliphatic carbocycles. The highest BCUT2D eigenvalue weighted by Crippen LogP contribution is 2.54. The molecule has 1 saturated carbocycles. The SMILES string of the molecule is CCOc1ccc(Cc2cc([C@@H]3OC4(CC4)[C@@H](OC(C)=O)[C@H](OC(C)=O)[C@H]3OC(C)=O)ccc2Cl)cc1. The lowest BCUT2D eigenvalue weighted by atomic mass is 9.88. The minimum atomic E-state index is -1.03. The lowest BCUT2D eigenvalue weighted by Gasteiger charge is -2.45. The van der Waals surface area contributed by atoms with Gasteiger partial charge < -0.3 is 23.7 Å². The maximum Gasteiger partial charge on any atom is 0.303 e. The van der Waals surface area contributed by atoms with Gasteiger partial charge in [-0.15, -0.1) is 0 Å². The zero-order valence-corrected chi connectivity index (χ0v) is 22.1. The highest BCUT2D eigenvalue weighted by atomic mass is 35.5. The van der Waals surface area contributed by atoms with Gasteiger partial charge in [0.25, 0.3) is 0 Å². The number of hydrogen-bond acceptors (Lipinski definition) is 8. The lowest BCUT2D eigenvalue weighted by molar-refractivity contribution is -0.257. The van der Waals surface area contributed by atoms with Crippen molar-refractivity contribution in [3.63, 3.8) is 0 Å². The Morgan fingerprint density at radius 2 is 1.54 bits per heavy atom. The Kier molecular flexibility index (Phi) is 8.09. The molecule has 9 heteroatoms. The average molecular weight is 531 g/mol. The van der Waals surface area contributed by atoms with Crippen LogP contribution < -0.4 is 4.74 Å². The van der Waals surface area contributed by atoms with Crippen molar-refractivity contribution < 1.29 is 38.1 Å². The van der Waals surface area contributed by atoms with E-state index in [2.05, 4.69) is 0 Å². The first-order valence-electron chi connectivity index (χ1n) is 12.3. The Morgan fingerprint density at radius 1 is 0.919 bits per heavy atom. The summed E-state index contributed by atoms with van der Waals surface area (Å²) in [6.07, 6.45) is -1.95. The first kappa shape index (κ1) is 26.9. The highest BCUT2D eigenvalue weighted by molar-refractivity contribution is 6.31. The molecule has 1 aliphatic heterocycles. The first-order valence-corrected chi connectivity index (χ1v) is 12.7. The Bertz CT molecular complexity index is 1160. The quantitative estimate of drug-likeness (QED) is 0.357. The molecule has 2 aromatic rings. The number of carbonyl (C=O) groups excluding carboxylic acids is 3. The smallest absolute Gasteiger partial charge is 0.303 e. The van der Waals surface area contributed by atoms with Crippen LogP contribution in [-0.4, -0.2) is 48.4 Å². The molecular weight excluding hydrogens is 500 g/mol. The Labute approximate surface area is 221 Å². The molecule has 1 spiro atoms. The molecule has 2 fully saturated rings. The van der Waals surface area contributed by atoms with E-state index in [0.29, 0.717) is 36.5 Å². The number of ether oxygens (including phenoxy) is 5. The van der Waals surface area contributed by atoms with Crippen LogP contribution in [0.5, 0.6) is 5.75 Å². The molecule has 4 atom stereocenters. The van der Waals surface area contributed by atoms with Crippen LogP contribution in [0.1, 0.15) is 63.3 Å². The Balaban J connectivity index is 1.69. The van der Waals surface area contributed by atoms with Crippen LogP contribution in [0.2, 0.25) is 5.02 Å². The van der Waals surface area contributed by atoms with Crippen molar-refractivity contribution in [1.82, 2.24) is 0 Å². The number of hydrogen-bond donors (Lipinski definition) is 0. The van der Waals surface area contributed by atoms with Crippen LogP contribution in [0.25, 0.3) is 0 Å². The minimum absolute atomic E-state index is 0.541. The minimum Gasteiger partial charge on any atom is -0.494 e. The third kappa shape index (κ3) is 6.25. The summed E-state index contributed by atoms with van der Waals surface area (Å²) in [5, 5.41) is 0.577. The van der Waals surface area contributed by atoms with Gasteiger partial charge in [-0.25, -0.2) is 0 Å². The second-order valence-electron chi connectivity index (χ2n) is 9.39. The zero-order valence-electron chi connectivity index (χ0n) is 21.3. The van der Waals surface area contributed by atoms with E-state index in [1.165, 1.54) is 20.8 Å². The molecule has 2 aliphatic rings. The summed E-state index contributed by atoms with van der Waals surface area (Å²) in [7, 11) is 0. The van der Waals surface area contributed by atoms with Crippen LogP contribution >= 0.6 is 11.6 Å². The fourth-order valence-electron chi connectivity index (χ4n) is 4.81. The predicted molar refractivity (Wildman–Crippen MR) is 134 cm³/mol. The molecule has 0 unspecified atom stereocenters. The summed E-state index contributed by atoms with van der Waals surface area (Å²) in [4.78, 5) is 36.1. The molecule has 1 heterocycles. The molecule has 37 heavy (non-hydrogen) atoms. The van der Waals surface area contributed by atoms with Crippen molar-refractivity contribution in [2.75, 3.05) is 6.61 Å². The van der Waals surface area contributed by atoms with E-state index in [9.17, 15) is 14.4 Å². The molecule has 1 saturated heterocycles. The lowest BCUT2D eigenvalue weighted by Crippen LogP contribution is -2.59. The molecule has 0 N–H and O–H groups in total. The Morgan fingerprint density at radius 3 is 2.11 bits per heavy atom. The fraction of sp³-hybridized carbons (Fsp3) is 0.464. The standard InChI is InChI=1S/C28H31ClO8/c1-5-33-22-9-6-19(7-10-22)14-21-15-20(8-11-23(21)29)24-25(34-16(2)30)26(35-17(3)31)27(36-18(4)32)28(37-24)12-13-28/h6-11,15,24-27H,5,12-14H2,1-4H3/t24-,25-,26+,27-/m0/s1. The van der Waals surface area contributed by atoms with E-state index < -0.39 is 47.9 Å². The fourth-order valence-corrected chi connectivity index (χ4v) is 4.99. The van der Waals surface area contributed by atoms with Crippen molar-refractivity contribution in [2.24, 2.45) is 0 Å². The largest absolute Gasteiger partial charge is 0.494 e. The molecule has 0 bridgehead atoms. The van der Waals surface area contributed by atoms with Crippen LogP contribution in [0, 0.1) is 0 Å². The monoisotopic (exact) mass is 530 g/mol. The first-order chi connectivity index (χ1) is 17.6. The van der Waals surface area contributed by atoms with E-state index in [4.69, 9.17) is 35.3 Å². The second kappa shape index (κ2) is 11.1. The summed E-state index contributed by atoms with van der Waals surface area (Å²) in [6.45, 7) is 6.33. The van der Waals surface area contributed by atoms with Crippen LogP contribution in [0.4, 0.5) is 0 Å². The highest BCUT2D eigenvalue weighted by Gasteiger charge is 2.65.